The summed E-state index contributed by atoms with van der Waals surface area (Å²) in [6.45, 7) is 4.81. The molecular formula is C13H19NO5S. The molecular weight excluding hydrogens is 282 g/mol. The summed E-state index contributed by atoms with van der Waals surface area (Å²) in [4.78, 5) is 11.1. The number of nitrogens with zero attached hydrogens (tertiary/aromatic N) is 1. The van der Waals surface area contributed by atoms with Crippen molar-refractivity contribution in [2.24, 2.45) is 0 Å². The van der Waals surface area contributed by atoms with Gasteiger partial charge in [0.2, 0.25) is 10.0 Å². The van der Waals surface area contributed by atoms with Gasteiger partial charge in [-0.25, -0.2) is 13.2 Å². The van der Waals surface area contributed by atoms with Crippen molar-refractivity contribution in [3.8, 4) is 0 Å². The van der Waals surface area contributed by atoms with Crippen LogP contribution >= 0.6 is 0 Å². The Morgan fingerprint density at radius 3 is 2.30 bits per heavy atom. The van der Waals surface area contributed by atoms with Crippen molar-refractivity contribution in [3.05, 3.63) is 28.8 Å². The number of likely N-dealkylation sites (N-methyl/N-ethyl adjacent to an activating group) is 1. The minimum absolute atomic E-state index is 0.0193. The zero-order chi connectivity index (χ0) is 15.5. The standard InChI is InChI=1S/C13H19NO5S/c1-4-14(5-6-15)20(18,19)12-8-11(13(16)17)9(2)7-10(12)3/h7-8,15H,4-6H2,1-3H3,(H,16,17). The number of carboxylic acid groups (broad SMARTS) is 1. The molecule has 0 saturated heterocycles. The van der Waals surface area contributed by atoms with E-state index in [4.69, 9.17) is 10.2 Å². The van der Waals surface area contributed by atoms with E-state index in [2.05, 4.69) is 0 Å². The van der Waals surface area contributed by atoms with Crippen LogP contribution in [0, 0.1) is 13.8 Å². The zero-order valence-corrected chi connectivity index (χ0v) is 12.6. The molecule has 2 N–H and O–H groups in total. The third-order valence-electron chi connectivity index (χ3n) is 3.07. The van der Waals surface area contributed by atoms with Gasteiger partial charge in [-0.15, -0.1) is 0 Å². The first kappa shape index (κ1) is 16.6. The van der Waals surface area contributed by atoms with Gasteiger partial charge in [0.25, 0.3) is 0 Å². The molecule has 0 spiro atoms. The summed E-state index contributed by atoms with van der Waals surface area (Å²) in [6, 6.07) is 2.73. The van der Waals surface area contributed by atoms with Gasteiger partial charge in [0.1, 0.15) is 0 Å². The Bertz CT molecular complexity index is 609. The van der Waals surface area contributed by atoms with Crippen LogP contribution in [0.2, 0.25) is 0 Å². The Hall–Kier alpha value is -1.44. The molecule has 0 saturated carbocycles. The summed E-state index contributed by atoms with van der Waals surface area (Å²) in [6.07, 6.45) is 0. The van der Waals surface area contributed by atoms with Crippen LogP contribution in [0.3, 0.4) is 0 Å². The molecule has 7 heteroatoms. The predicted molar refractivity (Wildman–Crippen MR) is 74.4 cm³/mol. The van der Waals surface area contributed by atoms with Gasteiger partial charge in [-0.3, -0.25) is 0 Å². The third kappa shape index (κ3) is 3.17. The molecule has 0 aliphatic rings. The number of rotatable bonds is 6. The number of aliphatic hydroxyl groups excluding tert-OH is 1. The number of aromatic carboxylic acids is 1. The maximum atomic E-state index is 12.5. The fraction of sp³-hybridized carbons (Fsp3) is 0.462. The van der Waals surface area contributed by atoms with Crippen LogP contribution in [0.5, 0.6) is 0 Å². The van der Waals surface area contributed by atoms with Crippen molar-refractivity contribution in [1.82, 2.24) is 4.31 Å². The molecule has 0 atom stereocenters. The Morgan fingerprint density at radius 2 is 1.85 bits per heavy atom. The van der Waals surface area contributed by atoms with Crippen LogP contribution in [-0.2, 0) is 10.0 Å². The summed E-state index contributed by atoms with van der Waals surface area (Å²) in [5, 5.41) is 18.0. The van der Waals surface area contributed by atoms with E-state index in [-0.39, 0.29) is 30.2 Å². The lowest BCUT2D eigenvalue weighted by Gasteiger charge is -2.21. The first-order valence-electron chi connectivity index (χ1n) is 6.21. The number of aliphatic hydroxyl groups is 1. The molecule has 6 nitrogen and oxygen atoms in total. The van der Waals surface area contributed by atoms with Crippen LogP contribution in [0.1, 0.15) is 28.4 Å². The van der Waals surface area contributed by atoms with Crippen molar-refractivity contribution < 1.29 is 23.4 Å². The van der Waals surface area contributed by atoms with Gasteiger partial charge in [0, 0.05) is 13.1 Å². The molecule has 0 unspecified atom stereocenters. The molecule has 0 radical (unpaired) electrons. The lowest BCUT2D eigenvalue weighted by atomic mass is 10.1. The van der Waals surface area contributed by atoms with E-state index < -0.39 is 16.0 Å². The average Bonchev–Trinajstić information content (AvgIpc) is 2.34. The van der Waals surface area contributed by atoms with Crippen LogP contribution in [0.15, 0.2) is 17.0 Å². The van der Waals surface area contributed by atoms with E-state index in [0.29, 0.717) is 11.1 Å². The zero-order valence-electron chi connectivity index (χ0n) is 11.8. The number of carbonyl (C=O) groups is 1. The second-order valence-corrected chi connectivity index (χ2v) is 6.36. The van der Waals surface area contributed by atoms with E-state index >= 15 is 0 Å². The summed E-state index contributed by atoms with van der Waals surface area (Å²) in [5.74, 6) is -1.16. The summed E-state index contributed by atoms with van der Waals surface area (Å²) in [5.41, 5.74) is 0.970. The van der Waals surface area contributed by atoms with Crippen molar-refractivity contribution in [3.63, 3.8) is 0 Å². The van der Waals surface area contributed by atoms with Gasteiger partial charge in [-0.1, -0.05) is 13.0 Å². The van der Waals surface area contributed by atoms with Gasteiger partial charge in [-0.05, 0) is 31.0 Å². The molecule has 0 bridgehead atoms. The first-order chi connectivity index (χ1) is 9.25. The number of hydrogen-bond acceptors (Lipinski definition) is 4. The molecule has 1 aromatic rings. The third-order valence-corrected chi connectivity index (χ3v) is 5.19. The molecule has 0 aliphatic heterocycles. The largest absolute Gasteiger partial charge is 0.478 e. The smallest absolute Gasteiger partial charge is 0.335 e. The van der Waals surface area contributed by atoms with Crippen molar-refractivity contribution in [2.75, 3.05) is 19.7 Å². The SMILES string of the molecule is CCN(CCO)S(=O)(=O)c1cc(C(=O)O)c(C)cc1C. The minimum atomic E-state index is -3.81. The fourth-order valence-corrected chi connectivity index (χ4v) is 3.71. The molecule has 0 fully saturated rings. The van der Waals surface area contributed by atoms with Crippen LogP contribution in [-0.4, -0.2) is 48.6 Å². The monoisotopic (exact) mass is 301 g/mol. The lowest BCUT2D eigenvalue weighted by Crippen LogP contribution is -2.34. The van der Waals surface area contributed by atoms with E-state index in [9.17, 15) is 13.2 Å². The van der Waals surface area contributed by atoms with Gasteiger partial charge < -0.3 is 10.2 Å². The second-order valence-electron chi connectivity index (χ2n) is 4.46. The van der Waals surface area contributed by atoms with Crippen molar-refractivity contribution in [1.29, 1.82) is 0 Å². The molecule has 0 aliphatic carbocycles. The number of aryl methyl sites for hydroxylation is 2. The molecule has 112 valence electrons. The summed E-state index contributed by atoms with van der Waals surface area (Å²) >= 11 is 0. The highest BCUT2D eigenvalue weighted by molar-refractivity contribution is 7.89. The van der Waals surface area contributed by atoms with Gasteiger partial charge in [-0.2, -0.15) is 4.31 Å². The van der Waals surface area contributed by atoms with Gasteiger partial charge >= 0.3 is 5.97 Å². The normalized spacial score (nSPS) is 11.8. The second kappa shape index (κ2) is 6.34. The number of sulfonamides is 1. The maximum absolute atomic E-state index is 12.5. The summed E-state index contributed by atoms with van der Waals surface area (Å²) in [7, 11) is -3.81. The molecule has 20 heavy (non-hydrogen) atoms. The van der Waals surface area contributed by atoms with Crippen molar-refractivity contribution in [2.45, 2.75) is 25.7 Å². The fourth-order valence-electron chi connectivity index (χ4n) is 2.04. The van der Waals surface area contributed by atoms with Gasteiger partial charge in [0.15, 0.2) is 0 Å². The molecule has 0 aromatic heterocycles. The van der Waals surface area contributed by atoms with E-state index in [1.807, 2.05) is 0 Å². The predicted octanol–water partition coefficient (Wildman–Crippen LogP) is 1.00. The highest BCUT2D eigenvalue weighted by atomic mass is 32.2. The Labute approximate surface area is 118 Å². The average molecular weight is 301 g/mol. The Balaban J connectivity index is 3.45. The van der Waals surface area contributed by atoms with Crippen molar-refractivity contribution >= 4 is 16.0 Å². The van der Waals surface area contributed by atoms with E-state index in [1.54, 1.807) is 26.8 Å². The Morgan fingerprint density at radius 1 is 1.25 bits per heavy atom. The molecule has 1 rings (SSSR count). The highest BCUT2D eigenvalue weighted by Gasteiger charge is 2.26. The highest BCUT2D eigenvalue weighted by Crippen LogP contribution is 2.23. The van der Waals surface area contributed by atoms with Gasteiger partial charge in [0.05, 0.1) is 17.1 Å². The molecule has 0 amide bonds. The Kier molecular flexibility index (Phi) is 5.27. The number of benzene rings is 1. The van der Waals surface area contributed by atoms with Crippen LogP contribution < -0.4 is 0 Å². The van der Waals surface area contributed by atoms with E-state index in [1.165, 1.54) is 6.07 Å². The maximum Gasteiger partial charge on any atom is 0.335 e. The topological polar surface area (TPSA) is 94.9 Å². The van der Waals surface area contributed by atoms with Crippen LogP contribution in [0.25, 0.3) is 0 Å². The molecule has 1 aromatic carbocycles. The quantitative estimate of drug-likeness (QED) is 0.817. The minimum Gasteiger partial charge on any atom is -0.478 e. The van der Waals surface area contributed by atoms with Crippen LogP contribution in [0.4, 0.5) is 0 Å². The number of carboxylic acids is 1. The first-order valence-corrected chi connectivity index (χ1v) is 7.65. The lowest BCUT2D eigenvalue weighted by molar-refractivity contribution is 0.0696. The molecule has 0 heterocycles. The summed E-state index contributed by atoms with van der Waals surface area (Å²) < 4.78 is 26.1. The van der Waals surface area contributed by atoms with E-state index in [0.717, 1.165) is 4.31 Å². The number of hydrogen-bond donors (Lipinski definition) is 2.